The van der Waals surface area contributed by atoms with Crippen LogP contribution in [0.2, 0.25) is 10.0 Å². The van der Waals surface area contributed by atoms with Crippen molar-refractivity contribution in [3.63, 3.8) is 0 Å². The average molecular weight is 586 g/mol. The molecule has 6 nitrogen and oxygen atoms in total. The van der Waals surface area contributed by atoms with E-state index >= 15 is 0 Å². The first kappa shape index (κ1) is 26.9. The Hall–Kier alpha value is -4.26. The summed E-state index contributed by atoms with van der Waals surface area (Å²) in [6.07, 6.45) is 0. The van der Waals surface area contributed by atoms with E-state index in [1.807, 2.05) is 67.6 Å². The van der Waals surface area contributed by atoms with Gasteiger partial charge in [-0.25, -0.2) is 0 Å². The molecule has 6 rings (SSSR count). The summed E-state index contributed by atoms with van der Waals surface area (Å²) in [6, 6.07) is 26.6. The predicted molar refractivity (Wildman–Crippen MR) is 159 cm³/mol. The van der Waals surface area contributed by atoms with Crippen molar-refractivity contribution < 1.29 is 18.7 Å². The van der Waals surface area contributed by atoms with E-state index in [-0.39, 0.29) is 23.3 Å². The second kappa shape index (κ2) is 11.3. The first-order chi connectivity index (χ1) is 19.9. The van der Waals surface area contributed by atoms with Gasteiger partial charge in [-0.15, -0.1) is 0 Å². The van der Waals surface area contributed by atoms with Crippen LogP contribution in [0, 0.1) is 0 Å². The van der Waals surface area contributed by atoms with E-state index < -0.39 is 11.9 Å². The van der Waals surface area contributed by atoms with E-state index in [2.05, 4.69) is 0 Å². The number of halogens is 2. The van der Waals surface area contributed by atoms with Gasteiger partial charge in [-0.2, -0.15) is 0 Å². The highest BCUT2D eigenvalue weighted by atomic mass is 35.5. The van der Waals surface area contributed by atoms with Crippen molar-refractivity contribution >= 4 is 40.1 Å². The number of fused-ring (bicyclic) bond motifs is 2. The van der Waals surface area contributed by atoms with Crippen LogP contribution in [-0.4, -0.2) is 17.4 Å². The Kier molecular flexibility index (Phi) is 7.43. The number of hydrogen-bond donors (Lipinski definition) is 0. The number of carbonyl (C=O) groups excluding carboxylic acids is 1. The lowest BCUT2D eigenvalue weighted by Gasteiger charge is -2.26. The van der Waals surface area contributed by atoms with E-state index in [4.69, 9.17) is 37.1 Å². The van der Waals surface area contributed by atoms with Gasteiger partial charge in [0.2, 0.25) is 5.76 Å². The minimum absolute atomic E-state index is 0.00393. The van der Waals surface area contributed by atoms with Gasteiger partial charge < -0.3 is 18.8 Å². The van der Waals surface area contributed by atoms with Crippen molar-refractivity contribution in [2.45, 2.75) is 26.1 Å². The molecule has 0 spiro atoms. The van der Waals surface area contributed by atoms with Crippen LogP contribution in [0.15, 0.2) is 100 Å². The van der Waals surface area contributed by atoms with Gasteiger partial charge in [0.1, 0.15) is 12.2 Å². The van der Waals surface area contributed by atoms with Gasteiger partial charge >= 0.3 is 0 Å². The number of benzene rings is 4. The van der Waals surface area contributed by atoms with Crippen molar-refractivity contribution in [1.82, 2.24) is 4.90 Å². The molecule has 1 unspecified atom stereocenters. The van der Waals surface area contributed by atoms with E-state index in [0.717, 1.165) is 11.1 Å². The van der Waals surface area contributed by atoms with Crippen LogP contribution < -0.4 is 14.9 Å². The molecular weight excluding hydrogens is 561 g/mol. The van der Waals surface area contributed by atoms with Crippen LogP contribution in [0.3, 0.4) is 0 Å². The molecule has 0 saturated heterocycles. The second-order valence-corrected chi connectivity index (χ2v) is 10.5. The fourth-order valence-electron chi connectivity index (χ4n) is 5.13. The standard InChI is InChI=1S/C33H25Cl2NO5/c1-2-39-28-16-21(12-14-27(28)40-19-20-8-4-3-5-9-20)30-29-31(37)24-17-23(34)13-15-26(24)41-32(29)33(38)36(30)18-22-10-6-7-11-25(22)35/h3-17,30H,2,18-19H2,1H3. The fraction of sp³-hybridized carbons (Fsp3) is 0.152. The Morgan fingerprint density at radius 1 is 0.854 bits per heavy atom. The molecule has 1 amide bonds. The molecule has 4 aromatic carbocycles. The zero-order chi connectivity index (χ0) is 28.5. The summed E-state index contributed by atoms with van der Waals surface area (Å²) in [5.74, 6) is 0.664. The summed E-state index contributed by atoms with van der Waals surface area (Å²) >= 11 is 12.7. The lowest BCUT2D eigenvalue weighted by molar-refractivity contribution is 0.0714. The Balaban J connectivity index is 1.47. The first-order valence-corrected chi connectivity index (χ1v) is 13.9. The number of rotatable bonds is 8. The molecule has 0 N–H and O–H groups in total. The van der Waals surface area contributed by atoms with Gasteiger partial charge in [-0.3, -0.25) is 9.59 Å². The molecule has 206 valence electrons. The van der Waals surface area contributed by atoms with Crippen LogP contribution in [-0.2, 0) is 13.2 Å². The quantitative estimate of drug-likeness (QED) is 0.185. The van der Waals surface area contributed by atoms with Crippen LogP contribution in [0.1, 0.15) is 45.8 Å². The Bertz CT molecular complexity index is 1820. The summed E-state index contributed by atoms with van der Waals surface area (Å²) in [5, 5.41) is 1.23. The number of carbonyl (C=O) groups is 1. The van der Waals surface area contributed by atoms with Crippen molar-refractivity contribution in [1.29, 1.82) is 0 Å². The highest BCUT2D eigenvalue weighted by Crippen LogP contribution is 2.42. The van der Waals surface area contributed by atoms with Crippen molar-refractivity contribution in [3.8, 4) is 11.5 Å². The summed E-state index contributed by atoms with van der Waals surface area (Å²) in [6.45, 7) is 2.82. The molecule has 0 radical (unpaired) electrons. The molecule has 41 heavy (non-hydrogen) atoms. The Labute approximate surface area is 246 Å². The van der Waals surface area contributed by atoms with Gasteiger partial charge in [0.15, 0.2) is 16.9 Å². The molecule has 0 aliphatic carbocycles. The van der Waals surface area contributed by atoms with E-state index in [9.17, 15) is 9.59 Å². The Morgan fingerprint density at radius 3 is 2.41 bits per heavy atom. The normalized spacial score (nSPS) is 14.4. The second-order valence-electron chi connectivity index (χ2n) is 9.65. The molecule has 5 aromatic rings. The largest absolute Gasteiger partial charge is 0.490 e. The number of amides is 1. The maximum absolute atomic E-state index is 13.9. The van der Waals surface area contributed by atoms with Crippen molar-refractivity contribution in [2.75, 3.05) is 6.61 Å². The summed E-state index contributed by atoms with van der Waals surface area (Å²) < 4.78 is 18.1. The molecule has 0 fully saturated rings. The van der Waals surface area contributed by atoms with Gasteiger partial charge in [-0.05, 0) is 60.0 Å². The molecule has 1 aliphatic rings. The highest BCUT2D eigenvalue weighted by Gasteiger charge is 2.43. The fourth-order valence-corrected chi connectivity index (χ4v) is 5.50. The monoisotopic (exact) mass is 585 g/mol. The van der Waals surface area contributed by atoms with Crippen LogP contribution in [0.25, 0.3) is 11.0 Å². The minimum Gasteiger partial charge on any atom is -0.490 e. The van der Waals surface area contributed by atoms with Gasteiger partial charge in [-0.1, -0.05) is 77.8 Å². The smallest absolute Gasteiger partial charge is 0.291 e. The molecular formula is C33H25Cl2NO5. The zero-order valence-electron chi connectivity index (χ0n) is 22.1. The third-order valence-electron chi connectivity index (χ3n) is 7.05. The molecule has 1 aromatic heterocycles. The lowest BCUT2D eigenvalue weighted by Crippen LogP contribution is -2.29. The maximum atomic E-state index is 13.9. The number of ether oxygens (including phenoxy) is 2. The third-order valence-corrected chi connectivity index (χ3v) is 7.65. The topological polar surface area (TPSA) is 69.0 Å². The summed E-state index contributed by atoms with van der Waals surface area (Å²) in [7, 11) is 0. The highest BCUT2D eigenvalue weighted by molar-refractivity contribution is 6.31. The van der Waals surface area contributed by atoms with Crippen LogP contribution >= 0.6 is 23.2 Å². The predicted octanol–water partition coefficient (Wildman–Crippen LogP) is 7.82. The minimum atomic E-state index is -0.754. The molecule has 0 saturated carbocycles. The van der Waals surface area contributed by atoms with Gasteiger partial charge in [0.25, 0.3) is 5.91 Å². The Morgan fingerprint density at radius 2 is 1.63 bits per heavy atom. The number of hydrogen-bond acceptors (Lipinski definition) is 5. The van der Waals surface area contributed by atoms with Gasteiger partial charge in [0.05, 0.1) is 23.6 Å². The van der Waals surface area contributed by atoms with E-state index in [0.29, 0.717) is 51.3 Å². The molecule has 1 atom stereocenters. The molecule has 1 aliphatic heterocycles. The lowest BCUT2D eigenvalue weighted by atomic mass is 9.97. The van der Waals surface area contributed by atoms with Crippen molar-refractivity contribution in [2.24, 2.45) is 0 Å². The average Bonchev–Trinajstić information content (AvgIpc) is 3.26. The number of nitrogens with zero attached hydrogens (tertiary/aromatic N) is 1. The van der Waals surface area contributed by atoms with E-state index in [1.54, 1.807) is 35.2 Å². The molecule has 2 heterocycles. The summed E-state index contributed by atoms with van der Waals surface area (Å²) in [5.41, 5.74) is 2.66. The first-order valence-electron chi connectivity index (χ1n) is 13.2. The SMILES string of the molecule is CCOc1cc(C2c3c(oc4ccc(Cl)cc4c3=O)C(=O)N2Cc2ccccc2Cl)ccc1OCc1ccccc1. The third kappa shape index (κ3) is 5.17. The van der Waals surface area contributed by atoms with Crippen molar-refractivity contribution in [3.05, 3.63) is 139 Å². The summed E-state index contributed by atoms with van der Waals surface area (Å²) in [4.78, 5) is 29.4. The molecule has 0 bridgehead atoms. The zero-order valence-corrected chi connectivity index (χ0v) is 23.6. The van der Waals surface area contributed by atoms with E-state index in [1.165, 1.54) is 0 Å². The maximum Gasteiger partial charge on any atom is 0.291 e. The van der Waals surface area contributed by atoms with Gasteiger partial charge in [0, 0.05) is 16.6 Å². The van der Waals surface area contributed by atoms with Crippen LogP contribution in [0.4, 0.5) is 0 Å². The van der Waals surface area contributed by atoms with Crippen LogP contribution in [0.5, 0.6) is 11.5 Å². The molecule has 8 heteroatoms.